The molecular formula is C16H24N2. The van der Waals surface area contributed by atoms with Crippen molar-refractivity contribution in [1.82, 2.24) is 10.3 Å². The highest BCUT2D eigenvalue weighted by molar-refractivity contribution is 5.27. The van der Waals surface area contributed by atoms with Crippen molar-refractivity contribution in [1.29, 1.82) is 0 Å². The third-order valence-electron chi connectivity index (χ3n) is 4.91. The van der Waals surface area contributed by atoms with Gasteiger partial charge in [-0.1, -0.05) is 25.3 Å². The fourth-order valence-corrected chi connectivity index (χ4v) is 3.61. The van der Waals surface area contributed by atoms with Gasteiger partial charge in [0.1, 0.15) is 0 Å². The van der Waals surface area contributed by atoms with Crippen LogP contribution in [-0.2, 0) is 6.42 Å². The van der Waals surface area contributed by atoms with E-state index in [9.17, 15) is 0 Å². The van der Waals surface area contributed by atoms with Crippen LogP contribution < -0.4 is 5.32 Å². The van der Waals surface area contributed by atoms with Crippen molar-refractivity contribution >= 4 is 0 Å². The van der Waals surface area contributed by atoms with Crippen molar-refractivity contribution in [3.05, 3.63) is 29.6 Å². The van der Waals surface area contributed by atoms with Gasteiger partial charge in [-0.2, -0.15) is 0 Å². The molecule has 2 heteroatoms. The van der Waals surface area contributed by atoms with Crippen LogP contribution in [0.25, 0.3) is 0 Å². The molecule has 1 aromatic rings. The molecule has 98 valence electrons. The van der Waals surface area contributed by atoms with Crippen molar-refractivity contribution in [2.75, 3.05) is 7.05 Å². The van der Waals surface area contributed by atoms with Gasteiger partial charge in [0.05, 0.1) is 0 Å². The molecule has 1 N–H and O–H groups in total. The van der Waals surface area contributed by atoms with Gasteiger partial charge in [-0.15, -0.1) is 0 Å². The number of hydrogen-bond acceptors (Lipinski definition) is 2. The summed E-state index contributed by atoms with van der Waals surface area (Å²) in [7, 11) is 2.13. The third-order valence-corrected chi connectivity index (χ3v) is 4.91. The molecule has 0 spiro atoms. The quantitative estimate of drug-likeness (QED) is 0.879. The Kier molecular flexibility index (Phi) is 3.64. The largest absolute Gasteiger partial charge is 0.316 e. The zero-order chi connectivity index (χ0) is 12.4. The van der Waals surface area contributed by atoms with E-state index >= 15 is 0 Å². The Bertz CT molecular complexity index is 398. The maximum atomic E-state index is 4.68. The molecule has 0 aliphatic heterocycles. The minimum atomic E-state index is 0.629. The van der Waals surface area contributed by atoms with Crippen molar-refractivity contribution < 1.29 is 0 Å². The van der Waals surface area contributed by atoms with Crippen molar-refractivity contribution in [2.24, 2.45) is 5.92 Å². The van der Waals surface area contributed by atoms with E-state index in [1.54, 1.807) is 0 Å². The van der Waals surface area contributed by atoms with Gasteiger partial charge in [0.15, 0.2) is 0 Å². The van der Waals surface area contributed by atoms with E-state index in [0.29, 0.717) is 12.0 Å². The summed E-state index contributed by atoms with van der Waals surface area (Å²) >= 11 is 0. The summed E-state index contributed by atoms with van der Waals surface area (Å²) in [6.07, 6.45) is 11.5. The Balaban J connectivity index is 1.77. The minimum absolute atomic E-state index is 0.629. The molecule has 1 heterocycles. The first-order valence-corrected chi connectivity index (χ1v) is 7.49. The number of aryl methyl sites for hydroxylation is 1. The van der Waals surface area contributed by atoms with Crippen LogP contribution in [0.15, 0.2) is 18.3 Å². The van der Waals surface area contributed by atoms with Crippen LogP contribution in [0.5, 0.6) is 0 Å². The lowest BCUT2D eigenvalue weighted by molar-refractivity contribution is 0.241. The van der Waals surface area contributed by atoms with Crippen LogP contribution in [0.1, 0.15) is 55.7 Å². The van der Waals surface area contributed by atoms with Gasteiger partial charge in [0.2, 0.25) is 0 Å². The maximum absolute atomic E-state index is 4.68. The van der Waals surface area contributed by atoms with Crippen LogP contribution in [-0.4, -0.2) is 18.1 Å². The van der Waals surface area contributed by atoms with E-state index in [0.717, 1.165) is 5.92 Å². The highest BCUT2D eigenvalue weighted by Crippen LogP contribution is 2.38. The molecule has 0 aromatic carbocycles. The van der Waals surface area contributed by atoms with Crippen molar-refractivity contribution in [3.63, 3.8) is 0 Å². The number of likely N-dealkylation sites (N-methyl/N-ethyl adjacent to an activating group) is 1. The van der Waals surface area contributed by atoms with Gasteiger partial charge in [0, 0.05) is 23.9 Å². The first-order valence-electron chi connectivity index (χ1n) is 7.49. The average molecular weight is 244 g/mol. The van der Waals surface area contributed by atoms with Crippen LogP contribution in [0.4, 0.5) is 0 Å². The van der Waals surface area contributed by atoms with E-state index in [1.165, 1.54) is 56.2 Å². The number of hydrogen-bond donors (Lipinski definition) is 1. The molecule has 2 unspecified atom stereocenters. The lowest BCUT2D eigenvalue weighted by Gasteiger charge is -2.36. The monoisotopic (exact) mass is 244 g/mol. The van der Waals surface area contributed by atoms with E-state index in [4.69, 9.17) is 0 Å². The van der Waals surface area contributed by atoms with Crippen LogP contribution in [0, 0.1) is 5.92 Å². The zero-order valence-electron chi connectivity index (χ0n) is 11.4. The number of rotatable bonds is 4. The van der Waals surface area contributed by atoms with Gasteiger partial charge in [0.25, 0.3) is 0 Å². The van der Waals surface area contributed by atoms with E-state index in [2.05, 4.69) is 29.5 Å². The highest BCUT2D eigenvalue weighted by Gasteiger charge is 2.31. The van der Waals surface area contributed by atoms with E-state index in [-0.39, 0.29) is 0 Å². The first-order chi connectivity index (χ1) is 8.88. The average Bonchev–Trinajstić information content (AvgIpc) is 2.38. The maximum Gasteiger partial charge on any atom is 0.0481 e. The topological polar surface area (TPSA) is 24.9 Å². The predicted octanol–water partition coefficient (Wildman–Crippen LogP) is 3.28. The van der Waals surface area contributed by atoms with Crippen molar-refractivity contribution in [2.45, 2.75) is 56.9 Å². The van der Waals surface area contributed by atoms with Crippen LogP contribution in [0.2, 0.25) is 0 Å². The predicted molar refractivity (Wildman–Crippen MR) is 74.7 cm³/mol. The molecule has 1 fully saturated rings. The third kappa shape index (κ3) is 2.31. The fraction of sp³-hybridized carbons (Fsp3) is 0.688. The second kappa shape index (κ2) is 5.40. The lowest BCUT2D eigenvalue weighted by Crippen LogP contribution is -2.37. The number of fused-ring (bicyclic) bond motifs is 1. The van der Waals surface area contributed by atoms with Crippen LogP contribution >= 0.6 is 0 Å². The number of nitrogens with zero attached hydrogens (tertiary/aromatic N) is 1. The second-order valence-corrected chi connectivity index (χ2v) is 5.97. The van der Waals surface area contributed by atoms with Gasteiger partial charge in [-0.25, -0.2) is 0 Å². The molecule has 0 radical (unpaired) electrons. The highest BCUT2D eigenvalue weighted by atomic mass is 14.9. The molecule has 1 aromatic heterocycles. The molecular weight excluding hydrogens is 220 g/mol. The van der Waals surface area contributed by atoms with Gasteiger partial charge >= 0.3 is 0 Å². The molecule has 0 amide bonds. The molecule has 2 aliphatic rings. The molecule has 18 heavy (non-hydrogen) atoms. The fourth-order valence-electron chi connectivity index (χ4n) is 3.61. The van der Waals surface area contributed by atoms with Crippen LogP contribution in [0.3, 0.4) is 0 Å². The zero-order valence-corrected chi connectivity index (χ0v) is 11.4. The molecule has 2 atom stereocenters. The SMILES string of the molecule is CNC(CC1CCC1)C1CCCc2cccnc21. The second-order valence-electron chi connectivity index (χ2n) is 5.97. The summed E-state index contributed by atoms with van der Waals surface area (Å²) in [4.78, 5) is 4.68. The Labute approximate surface area is 110 Å². The Morgan fingerprint density at radius 2 is 2.22 bits per heavy atom. The lowest BCUT2D eigenvalue weighted by atomic mass is 9.74. The molecule has 2 nitrogen and oxygen atoms in total. The number of pyridine rings is 1. The normalized spacial score (nSPS) is 25.3. The summed E-state index contributed by atoms with van der Waals surface area (Å²) in [6, 6.07) is 4.98. The summed E-state index contributed by atoms with van der Waals surface area (Å²) in [6.45, 7) is 0. The summed E-state index contributed by atoms with van der Waals surface area (Å²) in [5, 5.41) is 3.57. The summed E-state index contributed by atoms with van der Waals surface area (Å²) in [5.74, 6) is 1.61. The smallest absolute Gasteiger partial charge is 0.0481 e. The molecule has 0 saturated heterocycles. The van der Waals surface area contributed by atoms with E-state index in [1.807, 2.05) is 6.20 Å². The summed E-state index contributed by atoms with van der Waals surface area (Å²) < 4.78 is 0. The Hall–Kier alpha value is -0.890. The molecule has 0 bridgehead atoms. The molecule has 1 saturated carbocycles. The summed E-state index contributed by atoms with van der Waals surface area (Å²) in [5.41, 5.74) is 2.87. The molecule has 2 aliphatic carbocycles. The standard InChI is InChI=1S/C16H24N2/c1-17-15(11-12-5-2-6-12)14-9-3-7-13-8-4-10-18-16(13)14/h4,8,10,12,14-15,17H,2-3,5-7,9,11H2,1H3. The number of nitrogens with one attached hydrogen (secondary N) is 1. The number of aromatic nitrogens is 1. The minimum Gasteiger partial charge on any atom is -0.316 e. The van der Waals surface area contributed by atoms with Gasteiger partial charge < -0.3 is 5.32 Å². The first kappa shape index (κ1) is 12.2. The van der Waals surface area contributed by atoms with Gasteiger partial charge in [-0.05, 0) is 50.3 Å². The Morgan fingerprint density at radius 1 is 1.33 bits per heavy atom. The van der Waals surface area contributed by atoms with E-state index < -0.39 is 0 Å². The molecule has 3 rings (SSSR count). The van der Waals surface area contributed by atoms with Gasteiger partial charge in [-0.3, -0.25) is 4.98 Å². The Morgan fingerprint density at radius 3 is 2.94 bits per heavy atom. The van der Waals surface area contributed by atoms with Crippen molar-refractivity contribution in [3.8, 4) is 0 Å².